The van der Waals surface area contributed by atoms with Gasteiger partial charge in [0.05, 0.1) is 23.8 Å². The summed E-state index contributed by atoms with van der Waals surface area (Å²) in [6.07, 6.45) is 2.67. The zero-order valence-electron chi connectivity index (χ0n) is 32.3. The lowest BCUT2D eigenvalue weighted by molar-refractivity contribution is -0.122. The van der Waals surface area contributed by atoms with Gasteiger partial charge in [0.15, 0.2) is 0 Å². The van der Waals surface area contributed by atoms with Crippen LogP contribution in [0.1, 0.15) is 64.5 Å². The van der Waals surface area contributed by atoms with E-state index in [0.717, 1.165) is 38.9 Å². The van der Waals surface area contributed by atoms with Crippen molar-refractivity contribution in [2.45, 2.75) is 60.0 Å². The number of carboxylic acid groups (broad SMARTS) is 1. The molecule has 5 rings (SSSR count). The molecule has 0 saturated carbocycles. The van der Waals surface area contributed by atoms with Crippen LogP contribution in [0.25, 0.3) is 11.1 Å². The number of aromatic nitrogens is 1. The van der Waals surface area contributed by atoms with E-state index in [2.05, 4.69) is 34.7 Å². The maximum Gasteiger partial charge on any atom is 0.407 e. The van der Waals surface area contributed by atoms with Crippen LogP contribution in [0.5, 0.6) is 11.5 Å². The number of nitrogens with zero attached hydrogens (tertiary/aromatic N) is 3. The molecule has 0 aliphatic carbocycles. The molecule has 2 heterocycles. The molecule has 1 fully saturated rings. The number of amides is 2. The molecule has 56 heavy (non-hydrogen) atoms. The molecule has 14 heteroatoms. The lowest BCUT2D eigenvalue weighted by Gasteiger charge is -2.27. The summed E-state index contributed by atoms with van der Waals surface area (Å²) < 4.78 is 23.3. The molecule has 0 radical (unpaired) electrons. The first kappa shape index (κ1) is 43.1. The van der Waals surface area contributed by atoms with Gasteiger partial charge in [-0.1, -0.05) is 41.9 Å². The Morgan fingerprint density at radius 3 is 2.34 bits per heavy atom. The molecule has 296 valence electrons. The van der Waals surface area contributed by atoms with E-state index in [4.69, 9.17) is 40.4 Å². The van der Waals surface area contributed by atoms with Crippen LogP contribution >= 0.6 is 11.6 Å². The highest BCUT2D eigenvalue weighted by atomic mass is 35.5. The van der Waals surface area contributed by atoms with E-state index in [1.807, 2.05) is 62.9 Å². The van der Waals surface area contributed by atoms with E-state index in [1.54, 1.807) is 24.4 Å². The maximum absolute atomic E-state index is 13.4. The van der Waals surface area contributed by atoms with Crippen molar-refractivity contribution >= 4 is 30.1 Å². The Balaban J connectivity index is 0.00000225. The van der Waals surface area contributed by atoms with Crippen LogP contribution in [0.2, 0.25) is 5.02 Å². The van der Waals surface area contributed by atoms with Crippen molar-refractivity contribution in [3.8, 4) is 28.7 Å². The SMILES string of the molecule is Cc1c(COc2cc(OCc3cncc(C#N)c3)c(CNCCNC(=O)OC(C)(C)C)cc2Cl)cccc1-c1cccc(C(=O)N2CCOCC2)c1C.O=CO. The summed E-state index contributed by atoms with van der Waals surface area (Å²) in [6, 6.07) is 19.3. The van der Waals surface area contributed by atoms with Gasteiger partial charge in [0.25, 0.3) is 12.4 Å². The minimum absolute atomic E-state index is 0.0163. The van der Waals surface area contributed by atoms with Crippen molar-refractivity contribution in [2.75, 3.05) is 39.4 Å². The number of halogens is 1. The van der Waals surface area contributed by atoms with E-state index < -0.39 is 11.7 Å². The van der Waals surface area contributed by atoms with Crippen molar-refractivity contribution < 1.29 is 38.4 Å². The summed E-state index contributed by atoms with van der Waals surface area (Å²) in [5.74, 6) is 1.00. The van der Waals surface area contributed by atoms with Crippen LogP contribution in [0, 0.1) is 25.2 Å². The molecule has 1 aliphatic heterocycles. The zero-order chi connectivity index (χ0) is 40.7. The average Bonchev–Trinajstić information content (AvgIpc) is 3.17. The second-order valence-electron chi connectivity index (χ2n) is 13.8. The predicted octanol–water partition coefficient (Wildman–Crippen LogP) is 6.84. The molecule has 2 amide bonds. The predicted molar refractivity (Wildman–Crippen MR) is 212 cm³/mol. The van der Waals surface area contributed by atoms with Gasteiger partial charge in [-0.15, -0.1) is 0 Å². The van der Waals surface area contributed by atoms with Gasteiger partial charge in [0.1, 0.15) is 36.4 Å². The number of alkyl carbamates (subject to hydrolysis) is 1. The Morgan fingerprint density at radius 2 is 1.64 bits per heavy atom. The lowest BCUT2D eigenvalue weighted by Crippen LogP contribution is -2.41. The van der Waals surface area contributed by atoms with E-state index in [-0.39, 0.29) is 25.6 Å². The van der Waals surface area contributed by atoms with Crippen LogP contribution < -0.4 is 20.1 Å². The molecule has 4 aromatic rings. The van der Waals surface area contributed by atoms with Crippen LogP contribution in [-0.4, -0.2) is 78.5 Å². The lowest BCUT2D eigenvalue weighted by atomic mass is 9.91. The number of carbonyl (C=O) groups excluding carboxylic acids is 2. The number of carbonyl (C=O) groups is 3. The van der Waals surface area contributed by atoms with E-state index in [9.17, 15) is 14.9 Å². The summed E-state index contributed by atoms with van der Waals surface area (Å²) in [5, 5.41) is 22.7. The quantitative estimate of drug-likeness (QED) is 0.0958. The molecule has 0 bridgehead atoms. The number of morpholine rings is 1. The Kier molecular flexibility index (Phi) is 16.0. The van der Waals surface area contributed by atoms with Crippen molar-refractivity contribution in [3.05, 3.63) is 111 Å². The van der Waals surface area contributed by atoms with Gasteiger partial charge < -0.3 is 39.6 Å². The summed E-state index contributed by atoms with van der Waals surface area (Å²) in [6.45, 7) is 13.1. The second-order valence-corrected chi connectivity index (χ2v) is 14.3. The fourth-order valence-corrected chi connectivity index (χ4v) is 6.16. The fourth-order valence-electron chi connectivity index (χ4n) is 5.92. The van der Waals surface area contributed by atoms with Crippen molar-refractivity contribution in [3.63, 3.8) is 0 Å². The van der Waals surface area contributed by atoms with Gasteiger partial charge >= 0.3 is 6.09 Å². The largest absolute Gasteiger partial charge is 0.488 e. The van der Waals surface area contributed by atoms with Crippen LogP contribution in [0.3, 0.4) is 0 Å². The van der Waals surface area contributed by atoms with Gasteiger partial charge in [-0.2, -0.15) is 5.26 Å². The number of nitrogens with one attached hydrogen (secondary N) is 2. The number of pyridine rings is 1. The summed E-state index contributed by atoms with van der Waals surface area (Å²) in [4.78, 5) is 39.8. The molecule has 1 saturated heterocycles. The van der Waals surface area contributed by atoms with Crippen LogP contribution in [0.4, 0.5) is 4.79 Å². The minimum Gasteiger partial charge on any atom is -0.488 e. The van der Waals surface area contributed by atoms with E-state index >= 15 is 0 Å². The van der Waals surface area contributed by atoms with Crippen LogP contribution in [-0.2, 0) is 34.0 Å². The van der Waals surface area contributed by atoms with Gasteiger partial charge in [0.2, 0.25) is 0 Å². The van der Waals surface area contributed by atoms with Crippen molar-refractivity contribution in [2.24, 2.45) is 0 Å². The van der Waals surface area contributed by atoms with Crippen molar-refractivity contribution in [1.82, 2.24) is 20.5 Å². The molecular weight excluding hydrogens is 738 g/mol. The Morgan fingerprint density at radius 1 is 0.964 bits per heavy atom. The molecule has 0 unspecified atom stereocenters. The van der Waals surface area contributed by atoms with E-state index in [1.165, 1.54) is 6.20 Å². The highest BCUT2D eigenvalue weighted by Crippen LogP contribution is 2.35. The normalized spacial score (nSPS) is 12.4. The number of benzene rings is 3. The molecule has 0 atom stereocenters. The maximum atomic E-state index is 13.4. The molecule has 3 aromatic carbocycles. The molecular formula is C42H48ClN5O8. The van der Waals surface area contributed by atoms with Gasteiger partial charge in [-0.3, -0.25) is 14.6 Å². The third kappa shape index (κ3) is 12.4. The summed E-state index contributed by atoms with van der Waals surface area (Å²) in [7, 11) is 0. The first-order valence-electron chi connectivity index (χ1n) is 18.1. The number of nitriles is 1. The monoisotopic (exact) mass is 785 g/mol. The smallest absolute Gasteiger partial charge is 0.407 e. The van der Waals surface area contributed by atoms with Crippen molar-refractivity contribution in [1.29, 1.82) is 5.26 Å². The van der Waals surface area contributed by atoms with Gasteiger partial charge in [-0.25, -0.2) is 4.79 Å². The standard InChI is InChI=1S/C41H46ClN5O6.CH2O2/c1-27-31(8-6-9-33(27)34-10-7-11-35(28(34)2)39(48)47-14-16-50-17-15-47)26-52-38-20-37(51-25-30-18-29(21-43)22-45-23-30)32(19-36(38)42)24-44-12-13-46-40(49)53-41(3,4)5;2-1-3/h6-11,18-20,22-23,44H,12-17,24-26H2,1-5H3,(H,46,49);1H,(H,2,3). The molecule has 0 spiro atoms. The minimum atomic E-state index is -0.579. The summed E-state index contributed by atoms with van der Waals surface area (Å²) >= 11 is 6.79. The third-order valence-corrected chi connectivity index (χ3v) is 9.00. The molecule has 3 N–H and O–H groups in total. The summed E-state index contributed by atoms with van der Waals surface area (Å²) in [5.41, 5.74) is 7.00. The Labute approximate surface area is 332 Å². The van der Waals surface area contributed by atoms with Gasteiger partial charge in [-0.05, 0) is 80.6 Å². The van der Waals surface area contributed by atoms with E-state index in [0.29, 0.717) is 73.6 Å². The van der Waals surface area contributed by atoms with Crippen LogP contribution in [0.15, 0.2) is 67.0 Å². The molecule has 1 aromatic heterocycles. The number of hydrogen-bond acceptors (Lipinski definition) is 10. The average molecular weight is 786 g/mol. The first-order valence-corrected chi connectivity index (χ1v) is 18.5. The highest BCUT2D eigenvalue weighted by Gasteiger charge is 2.22. The number of rotatable bonds is 13. The second kappa shape index (κ2) is 20.8. The topological polar surface area (TPSA) is 172 Å². The number of hydrogen-bond donors (Lipinski definition) is 3. The first-order chi connectivity index (χ1) is 26.8. The zero-order valence-corrected chi connectivity index (χ0v) is 33.1. The fraction of sp³-hybridized carbons (Fsp3) is 0.357. The molecule has 1 aliphatic rings. The Bertz CT molecular complexity index is 2020. The number of ether oxygens (including phenoxy) is 4. The van der Waals surface area contributed by atoms with Gasteiger partial charge in [0, 0.05) is 67.9 Å². The Hall–Kier alpha value is -5.68. The molecule has 13 nitrogen and oxygen atoms in total. The highest BCUT2D eigenvalue weighted by molar-refractivity contribution is 6.32. The third-order valence-electron chi connectivity index (χ3n) is 8.70.